The molecule has 1 aliphatic carbocycles. The normalized spacial score (nSPS) is 17.1. The van der Waals surface area contributed by atoms with Crippen molar-refractivity contribution in [2.45, 2.75) is 25.2 Å². The van der Waals surface area contributed by atoms with Gasteiger partial charge >= 0.3 is 0 Å². The molecule has 1 N–H and O–H groups in total. The van der Waals surface area contributed by atoms with Gasteiger partial charge in [-0.25, -0.2) is 4.98 Å². The van der Waals surface area contributed by atoms with E-state index in [4.69, 9.17) is 0 Å². The third kappa shape index (κ3) is 1.02. The topological polar surface area (TPSA) is 37.5 Å². The zero-order chi connectivity index (χ0) is 9.54. The summed E-state index contributed by atoms with van der Waals surface area (Å²) in [6.07, 6.45) is 7.54. The number of nitrogens with zero attached hydrogens (tertiary/aromatic N) is 2. The van der Waals surface area contributed by atoms with Crippen LogP contribution in [-0.2, 0) is 0 Å². The van der Waals surface area contributed by atoms with E-state index < -0.39 is 0 Å². The van der Waals surface area contributed by atoms with Crippen molar-refractivity contribution in [2.24, 2.45) is 0 Å². The Kier molecular flexibility index (Phi) is 1.54. The molecule has 0 unspecified atom stereocenters. The molecule has 0 aromatic carbocycles. The van der Waals surface area contributed by atoms with Crippen molar-refractivity contribution in [3.05, 3.63) is 30.4 Å². The molecule has 2 heterocycles. The van der Waals surface area contributed by atoms with Gasteiger partial charge < -0.3 is 9.51 Å². The van der Waals surface area contributed by atoms with E-state index >= 15 is 0 Å². The van der Waals surface area contributed by atoms with Crippen molar-refractivity contribution in [3.63, 3.8) is 0 Å². The van der Waals surface area contributed by atoms with Crippen molar-refractivity contribution < 1.29 is 5.11 Å². The summed E-state index contributed by atoms with van der Waals surface area (Å²) >= 11 is 0. The zero-order valence-electron chi connectivity index (χ0n) is 7.85. The molecule has 0 bridgehead atoms. The van der Waals surface area contributed by atoms with E-state index in [2.05, 4.69) is 9.38 Å². The smallest absolute Gasteiger partial charge is 0.119 e. The summed E-state index contributed by atoms with van der Waals surface area (Å²) in [4.78, 5) is 4.41. The third-order valence-corrected chi connectivity index (χ3v) is 3.01. The van der Waals surface area contributed by atoms with Crippen LogP contribution in [0, 0.1) is 0 Å². The molecule has 3 rings (SSSR count). The number of hydrogen-bond acceptors (Lipinski definition) is 2. The first-order chi connectivity index (χ1) is 6.84. The average Bonchev–Trinajstić information content (AvgIpc) is 2.45. The molecule has 2 aromatic rings. The van der Waals surface area contributed by atoms with Crippen LogP contribution in [0.4, 0.5) is 0 Å². The maximum atomic E-state index is 9.31. The van der Waals surface area contributed by atoms with E-state index in [9.17, 15) is 5.11 Å². The summed E-state index contributed by atoms with van der Waals surface area (Å²) in [6, 6.07) is 3.45. The quantitative estimate of drug-likeness (QED) is 0.745. The first kappa shape index (κ1) is 7.85. The van der Waals surface area contributed by atoms with Gasteiger partial charge in [0.2, 0.25) is 0 Å². The largest absolute Gasteiger partial charge is 0.508 e. The van der Waals surface area contributed by atoms with Gasteiger partial charge in [-0.2, -0.15) is 0 Å². The van der Waals surface area contributed by atoms with E-state index in [1.165, 1.54) is 19.3 Å². The van der Waals surface area contributed by atoms with Gasteiger partial charge in [-0.05, 0) is 18.9 Å². The van der Waals surface area contributed by atoms with E-state index in [-0.39, 0.29) is 0 Å². The van der Waals surface area contributed by atoms with Crippen LogP contribution in [0.3, 0.4) is 0 Å². The van der Waals surface area contributed by atoms with Crippen LogP contribution in [-0.4, -0.2) is 14.5 Å². The number of rotatable bonds is 1. The van der Waals surface area contributed by atoms with Crippen molar-refractivity contribution >= 4 is 5.52 Å². The number of fused-ring (bicyclic) bond motifs is 1. The Balaban J connectivity index is 2.16. The summed E-state index contributed by atoms with van der Waals surface area (Å²) in [6.45, 7) is 0. The Morgan fingerprint density at radius 2 is 2.29 bits per heavy atom. The summed E-state index contributed by atoms with van der Waals surface area (Å²) in [7, 11) is 0. The summed E-state index contributed by atoms with van der Waals surface area (Å²) < 4.78 is 2.07. The predicted molar refractivity (Wildman–Crippen MR) is 53.4 cm³/mol. The van der Waals surface area contributed by atoms with E-state index in [1.54, 1.807) is 12.1 Å². The number of aromatic hydroxyl groups is 1. The minimum Gasteiger partial charge on any atom is -0.508 e. The van der Waals surface area contributed by atoms with E-state index in [1.807, 2.05) is 12.4 Å². The predicted octanol–water partition coefficient (Wildman–Crippen LogP) is 2.31. The first-order valence-corrected chi connectivity index (χ1v) is 5.00. The van der Waals surface area contributed by atoms with Crippen LogP contribution in [0.25, 0.3) is 5.52 Å². The number of imidazole rings is 1. The lowest BCUT2D eigenvalue weighted by Crippen LogP contribution is -2.12. The Bertz CT molecular complexity index is 471. The van der Waals surface area contributed by atoms with Crippen molar-refractivity contribution in [1.82, 2.24) is 9.38 Å². The van der Waals surface area contributed by atoms with Gasteiger partial charge in [0, 0.05) is 18.2 Å². The van der Waals surface area contributed by atoms with Gasteiger partial charge in [0.1, 0.15) is 11.6 Å². The minimum absolute atomic E-state index is 0.303. The zero-order valence-corrected chi connectivity index (χ0v) is 7.85. The lowest BCUT2D eigenvalue weighted by atomic mass is 9.85. The monoisotopic (exact) mass is 188 g/mol. The maximum Gasteiger partial charge on any atom is 0.119 e. The Morgan fingerprint density at radius 3 is 3.00 bits per heavy atom. The fourth-order valence-electron chi connectivity index (χ4n) is 1.98. The molecule has 72 valence electrons. The fourth-order valence-corrected chi connectivity index (χ4v) is 1.98. The lowest BCUT2D eigenvalue weighted by molar-refractivity contribution is 0.400. The van der Waals surface area contributed by atoms with Crippen molar-refractivity contribution in [2.75, 3.05) is 0 Å². The maximum absolute atomic E-state index is 9.31. The van der Waals surface area contributed by atoms with Crippen molar-refractivity contribution in [3.8, 4) is 5.75 Å². The second-order valence-corrected chi connectivity index (χ2v) is 3.92. The molecular formula is C11H12N2O. The second-order valence-electron chi connectivity index (χ2n) is 3.92. The molecule has 0 radical (unpaired) electrons. The molecule has 2 aromatic heterocycles. The average molecular weight is 188 g/mol. The van der Waals surface area contributed by atoms with Gasteiger partial charge in [-0.3, -0.25) is 0 Å². The molecule has 1 fully saturated rings. The number of aromatic nitrogens is 2. The molecule has 3 nitrogen and oxygen atoms in total. The van der Waals surface area contributed by atoms with Gasteiger partial charge in [0.05, 0.1) is 11.7 Å². The van der Waals surface area contributed by atoms with Crippen molar-refractivity contribution in [1.29, 1.82) is 0 Å². The molecule has 0 amide bonds. The molecule has 1 aliphatic rings. The molecule has 0 spiro atoms. The van der Waals surface area contributed by atoms with Crippen LogP contribution in [0.2, 0.25) is 0 Å². The molecule has 14 heavy (non-hydrogen) atoms. The van der Waals surface area contributed by atoms with Gasteiger partial charge in [0.25, 0.3) is 0 Å². The van der Waals surface area contributed by atoms with E-state index in [0.717, 1.165) is 11.3 Å². The summed E-state index contributed by atoms with van der Waals surface area (Å²) in [5.74, 6) is 2.07. The molecular weight excluding hydrogens is 176 g/mol. The van der Waals surface area contributed by atoms with Crippen LogP contribution in [0.5, 0.6) is 5.75 Å². The molecule has 0 aliphatic heterocycles. The van der Waals surface area contributed by atoms with Gasteiger partial charge in [-0.15, -0.1) is 0 Å². The SMILES string of the molecule is Oc1ccn2c(C3CCC3)ncc2c1. The third-order valence-electron chi connectivity index (χ3n) is 3.01. The highest BCUT2D eigenvalue weighted by atomic mass is 16.3. The fraction of sp³-hybridized carbons (Fsp3) is 0.364. The van der Waals surface area contributed by atoms with Crippen LogP contribution in [0.15, 0.2) is 24.5 Å². The molecule has 1 saturated carbocycles. The number of pyridine rings is 1. The van der Waals surface area contributed by atoms with Crippen LogP contribution < -0.4 is 0 Å². The molecule has 0 saturated heterocycles. The van der Waals surface area contributed by atoms with E-state index in [0.29, 0.717) is 11.7 Å². The first-order valence-electron chi connectivity index (χ1n) is 5.00. The Morgan fingerprint density at radius 1 is 1.43 bits per heavy atom. The highest BCUT2D eigenvalue weighted by Gasteiger charge is 2.23. The summed E-state index contributed by atoms with van der Waals surface area (Å²) in [5, 5.41) is 9.31. The van der Waals surface area contributed by atoms with Gasteiger partial charge in [0.15, 0.2) is 0 Å². The van der Waals surface area contributed by atoms with Crippen LogP contribution >= 0.6 is 0 Å². The highest BCUT2D eigenvalue weighted by molar-refractivity contribution is 5.50. The summed E-state index contributed by atoms with van der Waals surface area (Å²) in [5.41, 5.74) is 0.979. The lowest BCUT2D eigenvalue weighted by Gasteiger charge is -2.23. The molecule has 0 atom stereocenters. The molecule has 3 heteroatoms. The second kappa shape index (κ2) is 2.74. The standard InChI is InChI=1S/C11H12N2O/c14-10-4-5-13-9(6-10)7-12-11(13)8-2-1-3-8/h4-8,14H,1-3H2. The van der Waals surface area contributed by atoms with Crippen LogP contribution in [0.1, 0.15) is 31.0 Å². The minimum atomic E-state index is 0.303. The van der Waals surface area contributed by atoms with Gasteiger partial charge in [-0.1, -0.05) is 6.42 Å². The highest BCUT2D eigenvalue weighted by Crippen LogP contribution is 2.35. The Hall–Kier alpha value is -1.51. The number of hydrogen-bond donors (Lipinski definition) is 1. The Labute approximate surface area is 82.0 Å².